The van der Waals surface area contributed by atoms with Crippen LogP contribution in [0.2, 0.25) is 0 Å². The first-order chi connectivity index (χ1) is 7.79. The summed E-state index contributed by atoms with van der Waals surface area (Å²) < 4.78 is 5.75. The van der Waals surface area contributed by atoms with E-state index in [1.807, 2.05) is 0 Å². The van der Waals surface area contributed by atoms with Gasteiger partial charge in [-0.1, -0.05) is 6.92 Å². The highest BCUT2D eigenvalue weighted by molar-refractivity contribution is 4.83. The Labute approximate surface area is 99.5 Å². The molecule has 16 heavy (non-hydrogen) atoms. The Bertz CT molecular complexity index is 208. The highest BCUT2D eigenvalue weighted by atomic mass is 16.5. The zero-order valence-electron chi connectivity index (χ0n) is 10.7. The maximum Gasteiger partial charge on any atom is 0.0702 e. The van der Waals surface area contributed by atoms with Crippen molar-refractivity contribution in [3.63, 3.8) is 0 Å². The van der Waals surface area contributed by atoms with Gasteiger partial charge in [0.1, 0.15) is 0 Å². The number of piperidine rings is 1. The summed E-state index contributed by atoms with van der Waals surface area (Å²) in [7, 11) is 0. The predicted molar refractivity (Wildman–Crippen MR) is 66.6 cm³/mol. The third-order valence-corrected chi connectivity index (χ3v) is 4.03. The van der Waals surface area contributed by atoms with Gasteiger partial charge in [0.05, 0.1) is 6.10 Å². The van der Waals surface area contributed by atoms with Gasteiger partial charge in [-0.05, 0) is 51.2 Å². The van der Waals surface area contributed by atoms with Crippen molar-refractivity contribution in [1.29, 1.82) is 0 Å². The molecule has 0 amide bonds. The van der Waals surface area contributed by atoms with Crippen molar-refractivity contribution in [2.24, 2.45) is 11.8 Å². The van der Waals surface area contributed by atoms with Crippen molar-refractivity contribution in [2.45, 2.75) is 32.8 Å². The monoisotopic (exact) mass is 226 g/mol. The Kier molecular flexibility index (Phi) is 4.62. The lowest BCUT2D eigenvalue weighted by Crippen LogP contribution is -2.43. The fourth-order valence-corrected chi connectivity index (χ4v) is 2.99. The molecule has 3 nitrogen and oxygen atoms in total. The Hall–Kier alpha value is -0.120. The van der Waals surface area contributed by atoms with Crippen LogP contribution in [-0.2, 0) is 4.74 Å². The predicted octanol–water partition coefficient (Wildman–Crippen LogP) is 1.34. The molecule has 2 aliphatic rings. The maximum absolute atomic E-state index is 5.75. The molecule has 2 saturated heterocycles. The van der Waals surface area contributed by atoms with Crippen LogP contribution < -0.4 is 5.32 Å². The fraction of sp³-hybridized carbons (Fsp3) is 1.00. The number of nitrogens with zero attached hydrogens (tertiary/aromatic N) is 1. The fourth-order valence-electron chi connectivity index (χ4n) is 2.99. The van der Waals surface area contributed by atoms with E-state index < -0.39 is 0 Å². The van der Waals surface area contributed by atoms with Gasteiger partial charge in [-0.3, -0.25) is 0 Å². The number of ether oxygens (including phenoxy) is 1. The van der Waals surface area contributed by atoms with E-state index in [1.165, 1.54) is 39.0 Å². The van der Waals surface area contributed by atoms with Gasteiger partial charge in [-0.15, -0.1) is 0 Å². The molecule has 0 spiro atoms. The summed E-state index contributed by atoms with van der Waals surface area (Å²) in [5, 5.41) is 3.49. The van der Waals surface area contributed by atoms with Crippen molar-refractivity contribution < 1.29 is 4.74 Å². The largest absolute Gasteiger partial charge is 0.377 e. The van der Waals surface area contributed by atoms with Crippen LogP contribution in [0.15, 0.2) is 0 Å². The minimum Gasteiger partial charge on any atom is -0.377 e. The zero-order valence-corrected chi connectivity index (χ0v) is 10.7. The summed E-state index contributed by atoms with van der Waals surface area (Å²) in [6, 6.07) is 0. The SMILES string of the molecule is CCOC1CCCN(CC2CNCC2C)C1. The smallest absolute Gasteiger partial charge is 0.0702 e. The van der Waals surface area contributed by atoms with Gasteiger partial charge in [0.25, 0.3) is 0 Å². The lowest BCUT2D eigenvalue weighted by atomic mass is 9.96. The lowest BCUT2D eigenvalue weighted by Gasteiger charge is -2.34. The number of hydrogen-bond acceptors (Lipinski definition) is 3. The second kappa shape index (κ2) is 5.99. The molecule has 94 valence electrons. The molecule has 0 saturated carbocycles. The standard InChI is InChI=1S/C13H26N2O/c1-3-16-13-5-4-6-15(10-13)9-12-8-14-7-11(12)2/h11-14H,3-10H2,1-2H3. The van der Waals surface area contributed by atoms with Gasteiger partial charge in [-0.25, -0.2) is 0 Å². The van der Waals surface area contributed by atoms with Gasteiger partial charge < -0.3 is 15.0 Å². The summed E-state index contributed by atoms with van der Waals surface area (Å²) in [4.78, 5) is 2.61. The average molecular weight is 226 g/mol. The van der Waals surface area contributed by atoms with Gasteiger partial charge in [0.15, 0.2) is 0 Å². The number of hydrogen-bond donors (Lipinski definition) is 1. The van der Waals surface area contributed by atoms with Crippen LogP contribution in [0.25, 0.3) is 0 Å². The second-order valence-corrected chi connectivity index (χ2v) is 5.37. The number of likely N-dealkylation sites (tertiary alicyclic amines) is 1. The second-order valence-electron chi connectivity index (χ2n) is 5.37. The van der Waals surface area contributed by atoms with Crippen LogP contribution in [0.3, 0.4) is 0 Å². The summed E-state index contributed by atoms with van der Waals surface area (Å²) in [6.45, 7) is 11.4. The molecule has 0 aliphatic carbocycles. The van der Waals surface area contributed by atoms with E-state index in [1.54, 1.807) is 0 Å². The summed E-state index contributed by atoms with van der Waals surface area (Å²) in [6.07, 6.45) is 3.05. The average Bonchev–Trinajstić information content (AvgIpc) is 2.66. The lowest BCUT2D eigenvalue weighted by molar-refractivity contribution is 0.00118. The molecule has 0 aromatic heterocycles. The van der Waals surface area contributed by atoms with Gasteiger partial charge in [-0.2, -0.15) is 0 Å². The molecule has 0 bridgehead atoms. The van der Waals surface area contributed by atoms with E-state index in [4.69, 9.17) is 4.74 Å². The molecular formula is C13H26N2O. The molecule has 2 rings (SSSR count). The topological polar surface area (TPSA) is 24.5 Å². The highest BCUT2D eigenvalue weighted by Gasteiger charge is 2.27. The van der Waals surface area contributed by atoms with Crippen molar-refractivity contribution in [2.75, 3.05) is 39.3 Å². The maximum atomic E-state index is 5.75. The molecule has 0 aromatic rings. The molecule has 2 fully saturated rings. The van der Waals surface area contributed by atoms with Crippen LogP contribution in [-0.4, -0.2) is 50.3 Å². The van der Waals surface area contributed by atoms with Gasteiger partial charge in [0.2, 0.25) is 0 Å². The molecular weight excluding hydrogens is 200 g/mol. The van der Waals surface area contributed by atoms with Crippen LogP contribution in [0, 0.1) is 11.8 Å². The summed E-state index contributed by atoms with van der Waals surface area (Å²) in [5.41, 5.74) is 0. The molecule has 3 atom stereocenters. The third-order valence-electron chi connectivity index (χ3n) is 4.03. The van der Waals surface area contributed by atoms with Crippen LogP contribution in [0.5, 0.6) is 0 Å². The first-order valence-corrected chi connectivity index (χ1v) is 6.84. The molecule has 0 aromatic carbocycles. The first-order valence-electron chi connectivity index (χ1n) is 6.84. The zero-order chi connectivity index (χ0) is 11.4. The normalized spacial score (nSPS) is 36.8. The van der Waals surface area contributed by atoms with E-state index in [0.29, 0.717) is 6.10 Å². The van der Waals surface area contributed by atoms with E-state index >= 15 is 0 Å². The first kappa shape index (κ1) is 12.3. The Morgan fingerprint density at radius 3 is 2.94 bits per heavy atom. The molecule has 0 radical (unpaired) electrons. The quantitative estimate of drug-likeness (QED) is 0.783. The van der Waals surface area contributed by atoms with Crippen molar-refractivity contribution >= 4 is 0 Å². The van der Waals surface area contributed by atoms with E-state index in [2.05, 4.69) is 24.1 Å². The molecule has 2 heterocycles. The van der Waals surface area contributed by atoms with Crippen molar-refractivity contribution in [3.8, 4) is 0 Å². The Morgan fingerprint density at radius 2 is 2.25 bits per heavy atom. The minimum atomic E-state index is 0.489. The van der Waals surface area contributed by atoms with Crippen LogP contribution in [0.4, 0.5) is 0 Å². The van der Waals surface area contributed by atoms with Crippen molar-refractivity contribution in [3.05, 3.63) is 0 Å². The minimum absolute atomic E-state index is 0.489. The molecule has 1 N–H and O–H groups in total. The van der Waals surface area contributed by atoms with Crippen LogP contribution >= 0.6 is 0 Å². The van der Waals surface area contributed by atoms with Crippen LogP contribution in [0.1, 0.15) is 26.7 Å². The Balaban J connectivity index is 1.76. The van der Waals surface area contributed by atoms with Crippen molar-refractivity contribution in [1.82, 2.24) is 10.2 Å². The number of nitrogens with one attached hydrogen (secondary N) is 1. The Morgan fingerprint density at radius 1 is 1.38 bits per heavy atom. The van der Waals surface area contributed by atoms with Gasteiger partial charge in [0, 0.05) is 19.7 Å². The third kappa shape index (κ3) is 3.19. The van der Waals surface area contributed by atoms with Gasteiger partial charge >= 0.3 is 0 Å². The molecule has 3 heteroatoms. The number of rotatable bonds is 4. The molecule has 2 aliphatic heterocycles. The molecule has 3 unspecified atom stereocenters. The van der Waals surface area contributed by atoms with E-state index in [-0.39, 0.29) is 0 Å². The summed E-state index contributed by atoms with van der Waals surface area (Å²) >= 11 is 0. The highest BCUT2D eigenvalue weighted by Crippen LogP contribution is 2.20. The van der Waals surface area contributed by atoms with E-state index in [9.17, 15) is 0 Å². The summed E-state index contributed by atoms with van der Waals surface area (Å²) in [5.74, 6) is 1.69. The van der Waals surface area contributed by atoms with E-state index in [0.717, 1.165) is 25.0 Å².